The zero-order chi connectivity index (χ0) is 22.8. The molecule has 11 heteroatoms. The maximum atomic E-state index is 14.5. The fraction of sp³-hybridized carbons (Fsp3) is 0.0476. The van der Waals surface area contributed by atoms with Gasteiger partial charge in [-0.05, 0) is 31.2 Å². The second-order valence-corrected chi connectivity index (χ2v) is 6.75. The number of para-hydroxylation sites is 2. The molecule has 0 saturated carbocycles. The number of hydrogen-bond donors (Lipinski definition) is 1. The predicted octanol–water partition coefficient (Wildman–Crippen LogP) is 3.03. The molecular weight excluding hydrogens is 419 g/mol. The lowest BCUT2D eigenvalue weighted by Crippen LogP contribution is -2.27. The molecule has 2 aromatic carbocycles. The molecule has 0 unspecified atom stereocenters. The fourth-order valence-corrected chi connectivity index (χ4v) is 3.13. The minimum Gasteiger partial charge on any atom is -0.320 e. The van der Waals surface area contributed by atoms with Crippen LogP contribution in [0.2, 0.25) is 0 Å². The van der Waals surface area contributed by atoms with Crippen molar-refractivity contribution in [1.82, 2.24) is 19.3 Å². The molecule has 4 rings (SSSR count). The third-order valence-electron chi connectivity index (χ3n) is 4.62. The van der Waals surface area contributed by atoms with Crippen LogP contribution in [0.25, 0.3) is 11.4 Å². The number of carbonyl (C=O) groups excluding carboxylic acids is 1. The molecule has 0 fully saturated rings. The summed E-state index contributed by atoms with van der Waals surface area (Å²) in [6, 6.07) is 11.0. The van der Waals surface area contributed by atoms with E-state index in [4.69, 9.17) is 0 Å². The lowest BCUT2D eigenvalue weighted by Gasteiger charge is -2.12. The maximum absolute atomic E-state index is 14.5. The highest BCUT2D eigenvalue weighted by molar-refractivity contribution is 6.02. The number of carbonyl (C=O) groups is 1. The molecule has 32 heavy (non-hydrogen) atoms. The molecule has 2 heterocycles. The van der Waals surface area contributed by atoms with Crippen molar-refractivity contribution in [1.29, 1.82) is 0 Å². The largest absolute Gasteiger partial charge is 0.320 e. The van der Waals surface area contributed by atoms with Gasteiger partial charge in [0.1, 0.15) is 11.5 Å². The van der Waals surface area contributed by atoms with Gasteiger partial charge in [0.2, 0.25) is 5.43 Å². The van der Waals surface area contributed by atoms with Gasteiger partial charge in [-0.3, -0.25) is 19.7 Å². The van der Waals surface area contributed by atoms with Crippen LogP contribution in [-0.2, 0) is 0 Å². The first-order valence-electron chi connectivity index (χ1n) is 9.29. The van der Waals surface area contributed by atoms with Gasteiger partial charge >= 0.3 is 0 Å². The van der Waals surface area contributed by atoms with E-state index in [-0.39, 0.29) is 22.7 Å². The average Bonchev–Trinajstić information content (AvgIpc) is 3.28. The average molecular weight is 434 g/mol. The SMILES string of the molecule is Cc1cc(=O)c(C(=O)Nc2ccc(-n3ccnc3)c(F)c2)nn1-c1ccccc1[N+](=O)[O-]. The number of aromatic nitrogens is 4. The van der Waals surface area contributed by atoms with E-state index in [0.717, 1.165) is 16.8 Å². The number of rotatable bonds is 5. The third-order valence-corrected chi connectivity index (χ3v) is 4.62. The Morgan fingerprint density at radius 3 is 2.62 bits per heavy atom. The van der Waals surface area contributed by atoms with Crippen molar-refractivity contribution >= 4 is 17.3 Å². The Kier molecular flexibility index (Phi) is 5.29. The van der Waals surface area contributed by atoms with Crippen LogP contribution in [-0.4, -0.2) is 30.2 Å². The molecular formula is C21H15FN6O4. The maximum Gasteiger partial charge on any atom is 0.294 e. The second-order valence-electron chi connectivity index (χ2n) is 6.75. The van der Waals surface area contributed by atoms with Gasteiger partial charge in [0.15, 0.2) is 5.69 Å². The fourth-order valence-electron chi connectivity index (χ4n) is 3.13. The monoisotopic (exact) mass is 434 g/mol. The van der Waals surface area contributed by atoms with Crippen molar-refractivity contribution < 1.29 is 14.1 Å². The van der Waals surface area contributed by atoms with Crippen LogP contribution in [0, 0.1) is 22.9 Å². The Labute approximate surface area is 179 Å². The molecule has 0 saturated heterocycles. The van der Waals surface area contributed by atoms with Crippen molar-refractivity contribution in [3.05, 3.63) is 105 Å². The molecule has 1 amide bonds. The number of imidazole rings is 1. The number of halogens is 1. The molecule has 4 aromatic rings. The molecule has 0 spiro atoms. The van der Waals surface area contributed by atoms with E-state index in [9.17, 15) is 24.1 Å². The summed E-state index contributed by atoms with van der Waals surface area (Å²) in [5, 5.41) is 17.8. The number of anilines is 1. The molecule has 0 bridgehead atoms. The minimum atomic E-state index is -0.878. The third kappa shape index (κ3) is 3.86. The predicted molar refractivity (Wildman–Crippen MR) is 113 cm³/mol. The van der Waals surface area contributed by atoms with Crippen molar-refractivity contribution in [2.24, 2.45) is 0 Å². The van der Waals surface area contributed by atoms with Gasteiger partial charge in [-0.25, -0.2) is 14.1 Å². The van der Waals surface area contributed by atoms with E-state index in [2.05, 4.69) is 15.4 Å². The summed E-state index contributed by atoms with van der Waals surface area (Å²) in [5.74, 6) is -1.49. The number of amides is 1. The van der Waals surface area contributed by atoms with Crippen LogP contribution in [0.4, 0.5) is 15.8 Å². The number of nitrogens with zero attached hydrogens (tertiary/aromatic N) is 5. The highest BCUT2D eigenvalue weighted by atomic mass is 19.1. The summed E-state index contributed by atoms with van der Waals surface area (Å²) >= 11 is 0. The molecule has 10 nitrogen and oxygen atoms in total. The summed E-state index contributed by atoms with van der Waals surface area (Å²) in [4.78, 5) is 39.7. The molecule has 0 aliphatic heterocycles. The van der Waals surface area contributed by atoms with E-state index >= 15 is 0 Å². The Morgan fingerprint density at radius 2 is 1.94 bits per heavy atom. The van der Waals surface area contributed by atoms with Gasteiger partial charge < -0.3 is 9.88 Å². The molecule has 0 aliphatic rings. The lowest BCUT2D eigenvalue weighted by molar-refractivity contribution is -0.384. The smallest absolute Gasteiger partial charge is 0.294 e. The van der Waals surface area contributed by atoms with Crippen LogP contribution < -0.4 is 10.7 Å². The van der Waals surface area contributed by atoms with Gasteiger partial charge in [-0.15, -0.1) is 0 Å². The normalized spacial score (nSPS) is 10.7. The number of nitrogens with one attached hydrogen (secondary N) is 1. The summed E-state index contributed by atoms with van der Waals surface area (Å²) in [6.07, 6.45) is 4.50. The van der Waals surface area contributed by atoms with E-state index in [1.165, 1.54) is 54.3 Å². The molecule has 0 radical (unpaired) electrons. The highest BCUT2D eigenvalue weighted by Crippen LogP contribution is 2.22. The quantitative estimate of drug-likeness (QED) is 0.380. The molecule has 160 valence electrons. The van der Waals surface area contributed by atoms with Crippen molar-refractivity contribution in [2.45, 2.75) is 6.92 Å². The zero-order valence-electron chi connectivity index (χ0n) is 16.6. The van der Waals surface area contributed by atoms with Crippen molar-refractivity contribution in [3.8, 4) is 11.4 Å². The number of nitro benzene ring substituents is 1. The molecule has 0 aliphatic carbocycles. The molecule has 0 atom stereocenters. The first-order chi connectivity index (χ1) is 15.3. The Morgan fingerprint density at radius 1 is 1.16 bits per heavy atom. The summed E-state index contributed by atoms with van der Waals surface area (Å²) in [6.45, 7) is 1.54. The van der Waals surface area contributed by atoms with Crippen molar-refractivity contribution in [3.63, 3.8) is 0 Å². The Hall–Kier alpha value is -4.67. The lowest BCUT2D eigenvalue weighted by atomic mass is 10.2. The summed E-state index contributed by atoms with van der Waals surface area (Å²) in [5.41, 5.74) is -0.673. The van der Waals surface area contributed by atoms with E-state index in [1.54, 1.807) is 12.3 Å². The van der Waals surface area contributed by atoms with E-state index in [1.807, 2.05) is 0 Å². The molecule has 1 N–H and O–H groups in total. The number of benzene rings is 2. The van der Waals surface area contributed by atoms with Gasteiger partial charge in [0.05, 0.1) is 16.9 Å². The Bertz CT molecular complexity index is 1400. The standard InChI is InChI=1S/C21H15FN6O4/c1-13-10-19(29)20(25-27(13)17-4-2-3-5-18(17)28(31)32)21(30)24-14-6-7-16(15(22)11-14)26-9-8-23-12-26/h2-12H,1H3,(H,24,30). The number of hydrogen-bond acceptors (Lipinski definition) is 6. The van der Waals surface area contributed by atoms with Crippen LogP contribution in [0.1, 0.15) is 16.2 Å². The van der Waals surface area contributed by atoms with Crippen LogP contribution in [0.5, 0.6) is 0 Å². The van der Waals surface area contributed by atoms with Crippen LogP contribution >= 0.6 is 0 Å². The summed E-state index contributed by atoms with van der Waals surface area (Å²) < 4.78 is 17.1. The topological polar surface area (TPSA) is 125 Å². The number of nitro groups is 1. The molecule has 2 aromatic heterocycles. The highest BCUT2D eigenvalue weighted by Gasteiger charge is 2.20. The van der Waals surface area contributed by atoms with Gasteiger partial charge in [-0.2, -0.15) is 5.10 Å². The first-order valence-corrected chi connectivity index (χ1v) is 9.29. The zero-order valence-corrected chi connectivity index (χ0v) is 16.6. The van der Waals surface area contributed by atoms with Gasteiger partial charge in [0.25, 0.3) is 11.6 Å². The van der Waals surface area contributed by atoms with Crippen molar-refractivity contribution in [2.75, 3.05) is 5.32 Å². The van der Waals surface area contributed by atoms with Gasteiger partial charge in [-0.1, -0.05) is 12.1 Å². The van der Waals surface area contributed by atoms with E-state index in [0.29, 0.717) is 5.69 Å². The van der Waals surface area contributed by atoms with Gasteiger partial charge in [0, 0.05) is 35.9 Å². The summed E-state index contributed by atoms with van der Waals surface area (Å²) in [7, 11) is 0. The Balaban J connectivity index is 1.68. The number of aryl methyl sites for hydroxylation is 1. The van der Waals surface area contributed by atoms with Crippen LogP contribution in [0.15, 0.2) is 72.0 Å². The minimum absolute atomic E-state index is 0.0970. The second kappa shape index (κ2) is 8.22. The first kappa shape index (κ1) is 20.6. The van der Waals surface area contributed by atoms with E-state index < -0.39 is 27.8 Å². The van der Waals surface area contributed by atoms with Crippen LogP contribution in [0.3, 0.4) is 0 Å².